The smallest absolute Gasteiger partial charge is 0.321 e. The van der Waals surface area contributed by atoms with Crippen LogP contribution in [0.1, 0.15) is 10.4 Å². The first-order valence-corrected chi connectivity index (χ1v) is 6.93. The molecule has 0 radical (unpaired) electrons. The van der Waals surface area contributed by atoms with Gasteiger partial charge in [-0.1, -0.05) is 11.6 Å². The number of carbonyl (C=O) groups excluding carboxylic acids is 2. The average molecular weight is 333 g/mol. The van der Waals surface area contributed by atoms with Crippen LogP contribution in [0.2, 0.25) is 5.02 Å². The van der Waals surface area contributed by atoms with E-state index in [2.05, 4.69) is 10.6 Å². The minimum atomic E-state index is -3.19. The van der Waals surface area contributed by atoms with E-state index in [9.17, 15) is 18.4 Å². The number of nitrogens with two attached hydrogens (primary N) is 1. The maximum absolute atomic E-state index is 13.1. The minimum Gasteiger partial charge on any atom is -0.346 e. The molecule has 0 aromatic heterocycles. The Morgan fingerprint density at radius 2 is 2.23 bits per heavy atom. The Bertz CT molecular complexity index is 597. The number of nitrogens with zero attached hydrogens (tertiary/aromatic N) is 1. The quantitative estimate of drug-likeness (QED) is 0.757. The number of anilines is 1. The fourth-order valence-electron chi connectivity index (χ4n) is 1.95. The molecular formula is C13H15ClF2N4O2. The van der Waals surface area contributed by atoms with Crippen molar-refractivity contribution in [3.63, 3.8) is 0 Å². The topological polar surface area (TPSA) is 87.5 Å². The van der Waals surface area contributed by atoms with E-state index < -0.39 is 24.9 Å². The van der Waals surface area contributed by atoms with Gasteiger partial charge in [0.25, 0.3) is 11.8 Å². The zero-order valence-corrected chi connectivity index (χ0v) is 12.3. The number of benzene rings is 1. The third kappa shape index (κ3) is 3.63. The molecule has 1 aromatic carbocycles. The van der Waals surface area contributed by atoms with Crippen LogP contribution in [0.25, 0.3) is 0 Å². The van der Waals surface area contributed by atoms with Gasteiger partial charge in [0.15, 0.2) is 0 Å². The number of urea groups is 1. The Kier molecular flexibility index (Phi) is 4.82. The fourth-order valence-corrected chi connectivity index (χ4v) is 2.15. The van der Waals surface area contributed by atoms with E-state index in [1.807, 2.05) is 0 Å². The summed E-state index contributed by atoms with van der Waals surface area (Å²) >= 11 is 5.93. The van der Waals surface area contributed by atoms with Gasteiger partial charge >= 0.3 is 6.03 Å². The molecule has 0 bridgehead atoms. The van der Waals surface area contributed by atoms with Crippen LogP contribution >= 0.6 is 11.6 Å². The predicted molar refractivity (Wildman–Crippen MR) is 78.5 cm³/mol. The molecule has 6 nitrogen and oxygen atoms in total. The summed E-state index contributed by atoms with van der Waals surface area (Å²) < 4.78 is 26.1. The second-order valence-electron chi connectivity index (χ2n) is 4.79. The van der Waals surface area contributed by atoms with Crippen molar-refractivity contribution in [2.45, 2.75) is 5.92 Å². The molecule has 0 spiro atoms. The Morgan fingerprint density at radius 3 is 2.82 bits per heavy atom. The fraction of sp³-hybridized carbons (Fsp3) is 0.385. The summed E-state index contributed by atoms with van der Waals surface area (Å²) in [5.74, 6) is -3.94. The van der Waals surface area contributed by atoms with Gasteiger partial charge in [-0.2, -0.15) is 0 Å². The molecule has 1 saturated heterocycles. The van der Waals surface area contributed by atoms with Crippen molar-refractivity contribution >= 4 is 29.2 Å². The van der Waals surface area contributed by atoms with Crippen molar-refractivity contribution in [1.29, 1.82) is 0 Å². The van der Waals surface area contributed by atoms with Crippen LogP contribution in [-0.2, 0) is 0 Å². The molecule has 1 aromatic rings. The van der Waals surface area contributed by atoms with E-state index in [-0.39, 0.29) is 16.6 Å². The van der Waals surface area contributed by atoms with Gasteiger partial charge in [-0.3, -0.25) is 9.69 Å². The maximum atomic E-state index is 13.1. The molecule has 120 valence electrons. The lowest BCUT2D eigenvalue weighted by atomic mass is 10.1. The number of alkyl halides is 2. The third-order valence-corrected chi connectivity index (χ3v) is 3.50. The van der Waals surface area contributed by atoms with Gasteiger partial charge in [-0.25, -0.2) is 13.6 Å². The molecule has 1 aliphatic rings. The molecular weight excluding hydrogens is 318 g/mol. The SMILES string of the molecule is NCC(F)(F)CNC(=O)c1cc(N2CCNC2=O)ccc1Cl. The number of rotatable bonds is 5. The summed E-state index contributed by atoms with van der Waals surface area (Å²) in [4.78, 5) is 25.0. The highest BCUT2D eigenvalue weighted by Gasteiger charge is 2.28. The molecule has 1 fully saturated rings. The third-order valence-electron chi connectivity index (χ3n) is 3.17. The van der Waals surface area contributed by atoms with Crippen LogP contribution in [0.4, 0.5) is 19.3 Å². The van der Waals surface area contributed by atoms with Crippen LogP contribution in [0, 0.1) is 0 Å². The second-order valence-corrected chi connectivity index (χ2v) is 5.20. The van der Waals surface area contributed by atoms with Gasteiger partial charge in [0.1, 0.15) is 0 Å². The first-order valence-electron chi connectivity index (χ1n) is 6.55. The lowest BCUT2D eigenvalue weighted by molar-refractivity contribution is 0.0118. The van der Waals surface area contributed by atoms with Crippen LogP contribution < -0.4 is 21.3 Å². The number of carbonyl (C=O) groups is 2. The summed E-state index contributed by atoms with van der Waals surface area (Å²) in [5.41, 5.74) is 5.39. The number of halogens is 3. The highest BCUT2D eigenvalue weighted by atomic mass is 35.5. The molecule has 0 unspecified atom stereocenters. The van der Waals surface area contributed by atoms with Gasteiger partial charge < -0.3 is 16.4 Å². The van der Waals surface area contributed by atoms with Crippen molar-refractivity contribution < 1.29 is 18.4 Å². The summed E-state index contributed by atoms with van der Waals surface area (Å²) in [6.07, 6.45) is 0. The molecule has 0 atom stereocenters. The number of hydrogen-bond donors (Lipinski definition) is 3. The maximum Gasteiger partial charge on any atom is 0.321 e. The van der Waals surface area contributed by atoms with E-state index >= 15 is 0 Å². The summed E-state index contributed by atoms with van der Waals surface area (Å²) in [6, 6.07) is 4.13. The molecule has 0 aliphatic carbocycles. The van der Waals surface area contributed by atoms with Crippen LogP contribution in [0.5, 0.6) is 0 Å². The van der Waals surface area contributed by atoms with Crippen molar-refractivity contribution in [3.8, 4) is 0 Å². The summed E-state index contributed by atoms with van der Waals surface area (Å²) in [5, 5.41) is 4.82. The zero-order valence-electron chi connectivity index (χ0n) is 11.5. The number of nitrogens with one attached hydrogen (secondary N) is 2. The largest absolute Gasteiger partial charge is 0.346 e. The monoisotopic (exact) mass is 332 g/mol. The van der Waals surface area contributed by atoms with Gasteiger partial charge in [0.05, 0.1) is 23.7 Å². The Balaban J connectivity index is 2.16. The normalized spacial score (nSPS) is 14.9. The standard InChI is InChI=1S/C13H15ClF2N4O2/c14-10-2-1-8(20-4-3-18-12(20)22)5-9(10)11(21)19-7-13(15,16)6-17/h1-2,5H,3-4,6-7,17H2,(H,18,22)(H,19,21). The van der Waals surface area contributed by atoms with Gasteiger partial charge in [0.2, 0.25) is 0 Å². The van der Waals surface area contributed by atoms with E-state index in [0.29, 0.717) is 18.8 Å². The van der Waals surface area contributed by atoms with Crippen molar-refractivity contribution in [3.05, 3.63) is 28.8 Å². The molecule has 3 amide bonds. The van der Waals surface area contributed by atoms with Crippen molar-refractivity contribution in [1.82, 2.24) is 10.6 Å². The average Bonchev–Trinajstić information content (AvgIpc) is 2.91. The summed E-state index contributed by atoms with van der Waals surface area (Å²) in [7, 11) is 0. The molecule has 9 heteroatoms. The van der Waals surface area contributed by atoms with Gasteiger partial charge in [-0.05, 0) is 18.2 Å². The molecule has 4 N–H and O–H groups in total. The predicted octanol–water partition coefficient (Wildman–Crippen LogP) is 1.19. The lowest BCUT2D eigenvalue weighted by Crippen LogP contribution is -2.41. The molecule has 2 rings (SSSR count). The van der Waals surface area contributed by atoms with E-state index in [0.717, 1.165) is 0 Å². The van der Waals surface area contributed by atoms with Gasteiger partial charge in [0, 0.05) is 18.8 Å². The number of hydrogen-bond acceptors (Lipinski definition) is 3. The molecule has 22 heavy (non-hydrogen) atoms. The van der Waals surface area contributed by atoms with E-state index in [1.54, 1.807) is 6.07 Å². The first-order chi connectivity index (χ1) is 10.3. The Labute approximate surface area is 130 Å². The minimum absolute atomic E-state index is 0.0201. The van der Waals surface area contributed by atoms with Crippen molar-refractivity contribution in [2.75, 3.05) is 31.1 Å². The van der Waals surface area contributed by atoms with Gasteiger partial charge in [-0.15, -0.1) is 0 Å². The van der Waals surface area contributed by atoms with Crippen molar-refractivity contribution in [2.24, 2.45) is 5.73 Å². The van der Waals surface area contributed by atoms with Crippen LogP contribution in [0.3, 0.4) is 0 Å². The van der Waals surface area contributed by atoms with Crippen LogP contribution in [0.15, 0.2) is 18.2 Å². The lowest BCUT2D eigenvalue weighted by Gasteiger charge is -2.17. The van der Waals surface area contributed by atoms with E-state index in [1.165, 1.54) is 17.0 Å². The molecule has 1 aliphatic heterocycles. The Hall–Kier alpha value is -1.93. The molecule has 0 saturated carbocycles. The first kappa shape index (κ1) is 16.4. The Morgan fingerprint density at radius 1 is 1.50 bits per heavy atom. The van der Waals surface area contributed by atoms with E-state index in [4.69, 9.17) is 17.3 Å². The second kappa shape index (κ2) is 6.45. The highest BCUT2D eigenvalue weighted by Crippen LogP contribution is 2.24. The van der Waals surface area contributed by atoms with Crippen LogP contribution in [-0.4, -0.2) is 44.0 Å². The molecule has 1 heterocycles. The highest BCUT2D eigenvalue weighted by molar-refractivity contribution is 6.34. The number of amides is 3. The summed E-state index contributed by atoms with van der Waals surface area (Å²) in [6.45, 7) is -0.805. The zero-order chi connectivity index (χ0) is 16.3.